The first-order chi connectivity index (χ1) is 22.6. The monoisotopic (exact) mass is 613 g/mol. The molecule has 1 atom stereocenters. The van der Waals surface area contributed by atoms with Gasteiger partial charge in [0.05, 0.1) is 7.11 Å². The zero-order valence-corrected chi connectivity index (χ0v) is 25.7. The Morgan fingerprint density at radius 3 is 2.43 bits per heavy atom. The molecule has 232 valence electrons. The summed E-state index contributed by atoms with van der Waals surface area (Å²) in [4.78, 5) is 17.9. The van der Waals surface area contributed by atoms with Crippen molar-refractivity contribution in [1.29, 1.82) is 0 Å². The van der Waals surface area contributed by atoms with Crippen LogP contribution in [0.1, 0.15) is 40.3 Å². The minimum absolute atomic E-state index is 0.0566. The molecule has 1 N–H and O–H groups in total. The zero-order valence-electron chi connectivity index (χ0n) is 25.7. The Bertz CT molecular complexity index is 1890. The van der Waals surface area contributed by atoms with Crippen LogP contribution in [0.25, 0.3) is 10.9 Å². The molecular weight excluding hydrogens is 577 g/mol. The first kappa shape index (κ1) is 30.6. The number of hydrogen-bond donors (Lipinski definition) is 1. The lowest BCUT2D eigenvalue weighted by Gasteiger charge is -2.20. The van der Waals surface area contributed by atoms with E-state index in [4.69, 9.17) is 9.47 Å². The highest BCUT2D eigenvalue weighted by molar-refractivity contribution is 5.87. The van der Waals surface area contributed by atoms with Crippen LogP contribution in [0.4, 0.5) is 4.39 Å². The topological polar surface area (TPSA) is 65.4 Å². The van der Waals surface area contributed by atoms with Gasteiger partial charge in [-0.3, -0.25) is 9.78 Å². The number of nitrogens with zero attached hydrogens (tertiary/aromatic N) is 2. The number of ether oxygens (including phenoxy) is 2. The molecule has 0 bridgehead atoms. The van der Waals surface area contributed by atoms with Gasteiger partial charge in [-0.2, -0.15) is 0 Å². The lowest BCUT2D eigenvalue weighted by Crippen LogP contribution is -2.27. The maximum absolute atomic E-state index is 13.7. The van der Waals surface area contributed by atoms with E-state index in [1.165, 1.54) is 12.1 Å². The number of benzene rings is 4. The summed E-state index contributed by atoms with van der Waals surface area (Å²) in [5, 5.41) is 4.16. The van der Waals surface area contributed by atoms with Crippen molar-refractivity contribution in [3.8, 4) is 11.5 Å². The van der Waals surface area contributed by atoms with Crippen LogP contribution in [0.15, 0.2) is 128 Å². The van der Waals surface area contributed by atoms with Gasteiger partial charge < -0.3 is 19.4 Å². The number of rotatable bonds is 13. The molecule has 6 rings (SSSR count). The van der Waals surface area contributed by atoms with Gasteiger partial charge in [0.25, 0.3) is 0 Å². The van der Waals surface area contributed by atoms with E-state index in [0.717, 1.165) is 38.9 Å². The second-order valence-electron chi connectivity index (χ2n) is 11.2. The number of carbonyl (C=O) groups excluding carboxylic acids is 1. The van der Waals surface area contributed by atoms with E-state index in [1.54, 1.807) is 25.4 Å². The van der Waals surface area contributed by atoms with Gasteiger partial charge in [-0.15, -0.1) is 0 Å². The first-order valence-electron chi connectivity index (χ1n) is 15.4. The number of carbonyl (C=O) groups is 1. The molecule has 6 aromatic rings. The first-order valence-corrected chi connectivity index (χ1v) is 15.4. The zero-order chi connectivity index (χ0) is 31.7. The third kappa shape index (κ3) is 7.44. The average molecular weight is 614 g/mol. The van der Waals surface area contributed by atoms with Gasteiger partial charge in [0.15, 0.2) is 11.5 Å². The summed E-state index contributed by atoms with van der Waals surface area (Å²) in [6, 6.07) is 36.4. The number of amides is 1. The Balaban J connectivity index is 1.34. The van der Waals surface area contributed by atoms with Gasteiger partial charge in [-0.05, 0) is 64.7 Å². The Morgan fingerprint density at radius 1 is 0.870 bits per heavy atom. The van der Waals surface area contributed by atoms with Crippen molar-refractivity contribution >= 4 is 16.8 Å². The molecule has 0 saturated heterocycles. The molecule has 1 unspecified atom stereocenters. The largest absolute Gasteiger partial charge is 0.493 e. The molecule has 46 heavy (non-hydrogen) atoms. The number of nitrogens with one attached hydrogen (secondary N) is 1. The predicted octanol–water partition coefficient (Wildman–Crippen LogP) is 7.69. The van der Waals surface area contributed by atoms with Gasteiger partial charge in [0.2, 0.25) is 5.91 Å². The second-order valence-corrected chi connectivity index (χ2v) is 11.2. The van der Waals surface area contributed by atoms with Gasteiger partial charge >= 0.3 is 0 Å². The number of para-hydroxylation sites is 1. The van der Waals surface area contributed by atoms with E-state index < -0.39 is 0 Å². The maximum Gasteiger partial charge on any atom is 0.220 e. The van der Waals surface area contributed by atoms with Crippen LogP contribution in [0.2, 0.25) is 0 Å². The summed E-state index contributed by atoms with van der Waals surface area (Å²) >= 11 is 0. The Morgan fingerprint density at radius 2 is 1.65 bits per heavy atom. The summed E-state index contributed by atoms with van der Waals surface area (Å²) in [7, 11) is 1.62. The van der Waals surface area contributed by atoms with Crippen LogP contribution >= 0.6 is 0 Å². The normalized spacial score (nSPS) is 11.7. The van der Waals surface area contributed by atoms with Crippen LogP contribution in [-0.2, 0) is 24.4 Å². The lowest BCUT2D eigenvalue weighted by molar-refractivity contribution is -0.121. The molecule has 0 aliphatic rings. The average Bonchev–Trinajstić information content (AvgIpc) is 3.46. The molecule has 0 spiro atoms. The minimum atomic E-state index is -0.279. The number of fused-ring (bicyclic) bond motifs is 1. The van der Waals surface area contributed by atoms with Gasteiger partial charge in [-0.25, -0.2) is 4.39 Å². The number of hydrogen-bond acceptors (Lipinski definition) is 4. The van der Waals surface area contributed by atoms with E-state index >= 15 is 0 Å². The molecule has 0 aliphatic carbocycles. The van der Waals surface area contributed by atoms with Crippen LogP contribution in [0.5, 0.6) is 11.5 Å². The summed E-state index contributed by atoms with van der Waals surface area (Å²) in [6.45, 7) is 1.44. The maximum atomic E-state index is 13.7. The van der Waals surface area contributed by atoms with Gasteiger partial charge in [0, 0.05) is 60.8 Å². The summed E-state index contributed by atoms with van der Waals surface area (Å²) in [5.74, 6) is 0.634. The second kappa shape index (κ2) is 14.6. The molecule has 6 nitrogen and oxygen atoms in total. The molecule has 0 saturated carbocycles. The summed E-state index contributed by atoms with van der Waals surface area (Å²) in [6.07, 6.45) is 4.76. The molecule has 2 aromatic heterocycles. The van der Waals surface area contributed by atoms with Crippen LogP contribution in [0.3, 0.4) is 0 Å². The van der Waals surface area contributed by atoms with E-state index in [0.29, 0.717) is 37.6 Å². The van der Waals surface area contributed by atoms with Crippen molar-refractivity contribution in [1.82, 2.24) is 14.9 Å². The van der Waals surface area contributed by atoms with Crippen LogP contribution in [0, 0.1) is 5.82 Å². The van der Waals surface area contributed by atoms with E-state index in [2.05, 4.69) is 33.2 Å². The van der Waals surface area contributed by atoms with Crippen molar-refractivity contribution in [2.75, 3.05) is 13.7 Å². The highest BCUT2D eigenvalue weighted by atomic mass is 19.1. The quantitative estimate of drug-likeness (QED) is 0.145. The lowest BCUT2D eigenvalue weighted by atomic mass is 9.87. The van der Waals surface area contributed by atoms with Crippen molar-refractivity contribution in [2.45, 2.75) is 31.9 Å². The Kier molecular flexibility index (Phi) is 9.69. The van der Waals surface area contributed by atoms with Gasteiger partial charge in [-0.1, -0.05) is 72.8 Å². The van der Waals surface area contributed by atoms with Crippen molar-refractivity contribution in [3.05, 3.63) is 161 Å². The molecule has 7 heteroatoms. The fraction of sp³-hybridized carbons (Fsp3) is 0.179. The van der Waals surface area contributed by atoms with Crippen molar-refractivity contribution in [3.63, 3.8) is 0 Å². The number of pyridine rings is 1. The molecular formula is C39H36FN3O3. The Labute approximate surface area is 268 Å². The summed E-state index contributed by atoms with van der Waals surface area (Å²) < 4.78 is 27.8. The fourth-order valence-corrected chi connectivity index (χ4v) is 5.77. The predicted molar refractivity (Wildman–Crippen MR) is 179 cm³/mol. The summed E-state index contributed by atoms with van der Waals surface area (Å²) in [5.41, 5.74) is 5.96. The molecule has 2 heterocycles. The highest BCUT2D eigenvalue weighted by Crippen LogP contribution is 2.39. The fourth-order valence-electron chi connectivity index (χ4n) is 5.77. The third-order valence-corrected chi connectivity index (χ3v) is 8.11. The smallest absolute Gasteiger partial charge is 0.220 e. The number of aromatic nitrogens is 2. The number of methoxy groups -OCH3 is 1. The molecule has 4 aromatic carbocycles. The minimum Gasteiger partial charge on any atom is -0.493 e. The van der Waals surface area contributed by atoms with Crippen LogP contribution in [-0.4, -0.2) is 29.1 Å². The standard InChI is InChI=1S/C39H36FN3O3/c1-45-37-19-16-30(23-38(37)46-27-29-9-3-2-4-10-29)34(24-39(44)42-22-20-32-11-7-8-21-41-32)35-26-43(36-13-6-5-12-33(35)36)25-28-14-17-31(40)18-15-28/h2-19,21,23,26,34H,20,22,24-25,27H2,1H3,(H,42,44). The van der Waals surface area contributed by atoms with Crippen molar-refractivity contribution in [2.24, 2.45) is 0 Å². The molecule has 0 aliphatic heterocycles. The SMILES string of the molecule is COc1ccc(C(CC(=O)NCCc2ccccn2)c2cn(Cc3ccc(F)cc3)c3ccccc23)cc1OCc1ccccc1. The Hall–Kier alpha value is -5.43. The van der Waals surface area contributed by atoms with Gasteiger partial charge in [0.1, 0.15) is 12.4 Å². The van der Waals surface area contributed by atoms with Crippen LogP contribution < -0.4 is 14.8 Å². The molecule has 1 amide bonds. The third-order valence-electron chi connectivity index (χ3n) is 8.11. The number of halogens is 1. The van der Waals surface area contributed by atoms with E-state index in [1.807, 2.05) is 78.9 Å². The van der Waals surface area contributed by atoms with E-state index in [9.17, 15) is 9.18 Å². The van der Waals surface area contributed by atoms with E-state index in [-0.39, 0.29) is 24.1 Å². The van der Waals surface area contributed by atoms with Crippen molar-refractivity contribution < 1.29 is 18.7 Å². The molecule has 0 fully saturated rings. The highest BCUT2D eigenvalue weighted by Gasteiger charge is 2.24. The molecule has 0 radical (unpaired) electrons.